The Morgan fingerprint density at radius 2 is 1.59 bits per heavy atom. The summed E-state index contributed by atoms with van der Waals surface area (Å²) in [6.07, 6.45) is 0.442. The molecule has 1 aliphatic heterocycles. The Morgan fingerprint density at radius 1 is 0.941 bits per heavy atom. The SMILES string of the molecule is C[C@@H](OC(=O)c1ccc2c(c1)C(=O)N(Cc1ccco1)C2=O)C(=O)c1ccc(C(C)(C)C)cc1. The van der Waals surface area contributed by atoms with Gasteiger partial charge >= 0.3 is 5.97 Å². The Bertz CT molecular complexity index is 1270. The number of benzene rings is 2. The average Bonchev–Trinajstić information content (AvgIpc) is 3.40. The molecule has 2 amide bonds. The van der Waals surface area contributed by atoms with E-state index < -0.39 is 23.9 Å². The molecule has 0 aliphatic carbocycles. The number of carbonyl (C=O) groups is 4. The lowest BCUT2D eigenvalue weighted by Gasteiger charge is -2.19. The van der Waals surface area contributed by atoms with Gasteiger partial charge in [0.15, 0.2) is 6.10 Å². The van der Waals surface area contributed by atoms with Crippen LogP contribution in [0.4, 0.5) is 0 Å². The topological polar surface area (TPSA) is 93.9 Å². The fourth-order valence-electron chi connectivity index (χ4n) is 3.77. The molecule has 7 nitrogen and oxygen atoms in total. The zero-order valence-electron chi connectivity index (χ0n) is 19.5. The van der Waals surface area contributed by atoms with Gasteiger partial charge in [0, 0.05) is 5.56 Å². The van der Waals surface area contributed by atoms with E-state index in [2.05, 4.69) is 20.8 Å². The highest BCUT2D eigenvalue weighted by Crippen LogP contribution is 2.27. The first kappa shape index (κ1) is 23.2. The number of esters is 1. The quantitative estimate of drug-likeness (QED) is 0.299. The number of ketones is 1. The zero-order valence-corrected chi connectivity index (χ0v) is 19.5. The molecule has 0 N–H and O–H groups in total. The maximum atomic E-state index is 12.8. The largest absolute Gasteiger partial charge is 0.467 e. The lowest BCUT2D eigenvalue weighted by molar-refractivity contribution is 0.0318. The molecule has 0 spiro atoms. The van der Waals surface area contributed by atoms with Crippen molar-refractivity contribution in [3.05, 3.63) is 94.4 Å². The van der Waals surface area contributed by atoms with Crippen molar-refractivity contribution in [1.82, 2.24) is 4.90 Å². The summed E-state index contributed by atoms with van der Waals surface area (Å²) in [5.41, 5.74) is 1.89. The van der Waals surface area contributed by atoms with E-state index in [-0.39, 0.29) is 34.4 Å². The minimum Gasteiger partial charge on any atom is -0.467 e. The summed E-state index contributed by atoms with van der Waals surface area (Å²) in [5, 5.41) is 0. The van der Waals surface area contributed by atoms with Gasteiger partial charge in [-0.15, -0.1) is 0 Å². The van der Waals surface area contributed by atoms with Crippen LogP contribution in [0.5, 0.6) is 0 Å². The molecular weight excluding hydrogens is 434 g/mol. The molecule has 4 rings (SSSR count). The number of imide groups is 1. The molecule has 0 fully saturated rings. The molecule has 2 heterocycles. The maximum Gasteiger partial charge on any atom is 0.338 e. The molecule has 1 aromatic heterocycles. The summed E-state index contributed by atoms with van der Waals surface area (Å²) < 4.78 is 10.6. The molecule has 0 saturated carbocycles. The van der Waals surface area contributed by atoms with E-state index >= 15 is 0 Å². The third-order valence-electron chi connectivity index (χ3n) is 5.79. The van der Waals surface area contributed by atoms with E-state index in [1.54, 1.807) is 24.3 Å². The Kier molecular flexibility index (Phi) is 5.96. The van der Waals surface area contributed by atoms with E-state index in [4.69, 9.17) is 9.15 Å². The van der Waals surface area contributed by atoms with Crippen LogP contribution in [-0.4, -0.2) is 34.6 Å². The van der Waals surface area contributed by atoms with E-state index in [0.29, 0.717) is 11.3 Å². The molecule has 1 atom stereocenters. The first-order chi connectivity index (χ1) is 16.1. The van der Waals surface area contributed by atoms with Crippen molar-refractivity contribution in [1.29, 1.82) is 0 Å². The second-order valence-electron chi connectivity index (χ2n) is 9.28. The van der Waals surface area contributed by atoms with Gasteiger partial charge < -0.3 is 9.15 Å². The normalized spacial score (nSPS) is 14.2. The van der Waals surface area contributed by atoms with Gasteiger partial charge in [0.05, 0.1) is 29.5 Å². The van der Waals surface area contributed by atoms with Crippen LogP contribution in [0.25, 0.3) is 0 Å². The number of Topliss-reactive ketones (excluding diaryl/α,β-unsaturated/α-hetero) is 1. The van der Waals surface area contributed by atoms with Crippen molar-refractivity contribution in [2.24, 2.45) is 0 Å². The third kappa shape index (κ3) is 4.41. The van der Waals surface area contributed by atoms with Crippen molar-refractivity contribution in [2.45, 2.75) is 45.8 Å². The van der Waals surface area contributed by atoms with Gasteiger partial charge in [-0.1, -0.05) is 45.0 Å². The van der Waals surface area contributed by atoms with Crippen molar-refractivity contribution in [2.75, 3.05) is 0 Å². The Morgan fingerprint density at radius 3 is 2.21 bits per heavy atom. The maximum absolute atomic E-state index is 12.8. The van der Waals surface area contributed by atoms with Crippen LogP contribution in [0, 0.1) is 0 Å². The highest BCUT2D eigenvalue weighted by Gasteiger charge is 2.36. The van der Waals surface area contributed by atoms with Crippen LogP contribution >= 0.6 is 0 Å². The number of rotatable bonds is 6. The van der Waals surface area contributed by atoms with E-state index in [0.717, 1.165) is 10.5 Å². The Hall–Kier alpha value is -4.00. The molecule has 0 radical (unpaired) electrons. The first-order valence-electron chi connectivity index (χ1n) is 10.9. The van der Waals surface area contributed by atoms with Gasteiger partial charge in [-0.3, -0.25) is 19.3 Å². The van der Waals surface area contributed by atoms with E-state index in [1.807, 2.05) is 12.1 Å². The molecule has 174 valence electrons. The number of amides is 2. The smallest absolute Gasteiger partial charge is 0.338 e. The summed E-state index contributed by atoms with van der Waals surface area (Å²) in [6.45, 7) is 7.75. The molecule has 34 heavy (non-hydrogen) atoms. The fourth-order valence-corrected chi connectivity index (χ4v) is 3.77. The number of fused-ring (bicyclic) bond motifs is 1. The summed E-state index contributed by atoms with van der Waals surface area (Å²) in [6, 6.07) is 14.7. The van der Waals surface area contributed by atoms with Crippen molar-refractivity contribution >= 4 is 23.6 Å². The van der Waals surface area contributed by atoms with Crippen LogP contribution in [0.1, 0.15) is 80.5 Å². The summed E-state index contributed by atoms with van der Waals surface area (Å²) in [5.74, 6) is -1.59. The molecule has 3 aromatic rings. The number of hydrogen-bond donors (Lipinski definition) is 0. The molecule has 1 aliphatic rings. The predicted molar refractivity (Wildman–Crippen MR) is 124 cm³/mol. The Labute approximate surface area is 197 Å². The minimum absolute atomic E-state index is 0.00132. The van der Waals surface area contributed by atoms with Crippen LogP contribution < -0.4 is 0 Å². The zero-order chi connectivity index (χ0) is 24.6. The van der Waals surface area contributed by atoms with Crippen LogP contribution in [0.2, 0.25) is 0 Å². The van der Waals surface area contributed by atoms with Gasteiger partial charge in [0.1, 0.15) is 5.76 Å². The molecular formula is C27H25NO6. The predicted octanol–water partition coefficient (Wildman–Crippen LogP) is 4.80. The van der Waals surface area contributed by atoms with E-state index in [1.165, 1.54) is 31.4 Å². The number of nitrogens with zero attached hydrogens (tertiary/aromatic N) is 1. The highest BCUT2D eigenvalue weighted by atomic mass is 16.5. The molecule has 7 heteroatoms. The lowest BCUT2D eigenvalue weighted by Crippen LogP contribution is -2.28. The van der Waals surface area contributed by atoms with Gasteiger partial charge in [-0.25, -0.2) is 4.79 Å². The number of carbonyl (C=O) groups excluding carboxylic acids is 4. The molecule has 0 unspecified atom stereocenters. The third-order valence-corrected chi connectivity index (χ3v) is 5.79. The number of ether oxygens (including phenoxy) is 1. The molecule has 2 aromatic carbocycles. The summed E-state index contributed by atoms with van der Waals surface area (Å²) in [7, 11) is 0. The first-order valence-corrected chi connectivity index (χ1v) is 10.9. The second kappa shape index (κ2) is 8.74. The summed E-state index contributed by atoms with van der Waals surface area (Å²) in [4.78, 5) is 51.9. The van der Waals surface area contributed by atoms with Gasteiger partial charge in [-0.2, -0.15) is 0 Å². The van der Waals surface area contributed by atoms with Gasteiger partial charge in [0.2, 0.25) is 5.78 Å². The summed E-state index contributed by atoms with van der Waals surface area (Å²) >= 11 is 0. The molecule has 0 saturated heterocycles. The van der Waals surface area contributed by atoms with Crippen LogP contribution in [0.15, 0.2) is 65.3 Å². The highest BCUT2D eigenvalue weighted by molar-refractivity contribution is 6.21. The lowest BCUT2D eigenvalue weighted by atomic mass is 9.86. The average molecular weight is 459 g/mol. The number of furan rings is 1. The van der Waals surface area contributed by atoms with Gasteiger partial charge in [-0.05, 0) is 48.2 Å². The molecule has 0 bridgehead atoms. The van der Waals surface area contributed by atoms with Crippen LogP contribution in [0.3, 0.4) is 0 Å². The van der Waals surface area contributed by atoms with Crippen LogP contribution in [-0.2, 0) is 16.7 Å². The Balaban J connectivity index is 1.46. The van der Waals surface area contributed by atoms with Crippen molar-refractivity contribution in [3.63, 3.8) is 0 Å². The van der Waals surface area contributed by atoms with Crippen molar-refractivity contribution in [3.8, 4) is 0 Å². The van der Waals surface area contributed by atoms with Crippen molar-refractivity contribution < 1.29 is 28.3 Å². The standard InChI is InChI=1S/C27H25NO6/c1-16(23(29)17-7-10-19(11-8-17)27(2,3)4)34-26(32)18-9-12-21-22(14-18)25(31)28(24(21)30)15-20-6-5-13-33-20/h5-14,16H,15H2,1-4H3/t16-/m1/s1. The second-order valence-corrected chi connectivity index (χ2v) is 9.28. The van der Waals surface area contributed by atoms with Gasteiger partial charge in [0.25, 0.3) is 11.8 Å². The minimum atomic E-state index is -1.02. The van der Waals surface area contributed by atoms with E-state index in [9.17, 15) is 19.2 Å². The number of hydrogen-bond acceptors (Lipinski definition) is 6. The fraction of sp³-hybridized carbons (Fsp3) is 0.259. The monoisotopic (exact) mass is 459 g/mol.